The molecule has 4 rings (SSSR count). The van der Waals surface area contributed by atoms with Crippen molar-refractivity contribution in [1.82, 2.24) is 14.9 Å². The molecular formula is C26H35FN4O4. The van der Waals surface area contributed by atoms with Gasteiger partial charge in [0.1, 0.15) is 6.61 Å². The quantitative estimate of drug-likeness (QED) is 0.606. The molecule has 35 heavy (non-hydrogen) atoms. The van der Waals surface area contributed by atoms with Gasteiger partial charge in [0.25, 0.3) is 0 Å². The zero-order valence-electron chi connectivity index (χ0n) is 20.8. The van der Waals surface area contributed by atoms with Gasteiger partial charge in [-0.05, 0) is 31.2 Å². The van der Waals surface area contributed by atoms with Gasteiger partial charge in [0.05, 0.1) is 25.3 Å². The molecule has 0 unspecified atom stereocenters. The van der Waals surface area contributed by atoms with Gasteiger partial charge in [0.2, 0.25) is 5.88 Å². The predicted octanol–water partition coefficient (Wildman–Crippen LogP) is 3.56. The summed E-state index contributed by atoms with van der Waals surface area (Å²) in [5.41, 5.74) is 3.64. The summed E-state index contributed by atoms with van der Waals surface area (Å²) in [4.78, 5) is 24.8. The van der Waals surface area contributed by atoms with Gasteiger partial charge < -0.3 is 19.5 Å². The highest BCUT2D eigenvalue weighted by molar-refractivity contribution is 5.84. The van der Waals surface area contributed by atoms with Gasteiger partial charge in [-0.2, -0.15) is 0 Å². The van der Waals surface area contributed by atoms with Crippen LogP contribution in [0.15, 0.2) is 18.5 Å². The fourth-order valence-corrected chi connectivity index (χ4v) is 4.68. The Morgan fingerprint density at radius 2 is 1.89 bits per heavy atom. The number of rotatable bonds is 8. The minimum atomic E-state index is -0.918. The Balaban J connectivity index is 1.59. The van der Waals surface area contributed by atoms with Crippen molar-refractivity contribution in [2.75, 3.05) is 57.4 Å². The number of morpholine rings is 1. The lowest BCUT2D eigenvalue weighted by atomic mass is 9.82. The van der Waals surface area contributed by atoms with E-state index < -0.39 is 11.8 Å². The van der Waals surface area contributed by atoms with Gasteiger partial charge in [-0.1, -0.05) is 13.8 Å². The topological polar surface area (TPSA) is 88.0 Å². The van der Waals surface area contributed by atoms with Gasteiger partial charge in [-0.15, -0.1) is 0 Å². The summed E-state index contributed by atoms with van der Waals surface area (Å²) in [5, 5.41) is 9.57. The van der Waals surface area contributed by atoms with Crippen LogP contribution in [0.1, 0.15) is 37.9 Å². The molecule has 2 aromatic heterocycles. The van der Waals surface area contributed by atoms with E-state index in [-0.39, 0.29) is 17.7 Å². The van der Waals surface area contributed by atoms with Gasteiger partial charge >= 0.3 is 5.97 Å². The van der Waals surface area contributed by atoms with E-state index in [1.54, 1.807) is 12.4 Å². The Hall–Kier alpha value is -2.78. The molecule has 9 heteroatoms. The smallest absolute Gasteiger partial charge is 0.307 e. The number of carboxylic acid groups (broad SMARTS) is 1. The fourth-order valence-electron chi connectivity index (χ4n) is 4.68. The van der Waals surface area contributed by atoms with Gasteiger partial charge in [0.15, 0.2) is 5.82 Å². The number of hydrogen-bond donors (Lipinski definition) is 1. The second-order valence-corrected chi connectivity index (χ2v) is 10.1. The minimum absolute atomic E-state index is 0.0332. The number of carboxylic acids is 1. The van der Waals surface area contributed by atoms with E-state index in [2.05, 4.69) is 33.6 Å². The Morgan fingerprint density at radius 1 is 1.17 bits per heavy atom. The highest BCUT2D eigenvalue weighted by Crippen LogP contribution is 2.40. The molecule has 8 nitrogen and oxygen atoms in total. The summed E-state index contributed by atoms with van der Waals surface area (Å²) >= 11 is 0. The highest BCUT2D eigenvalue weighted by Gasteiger charge is 2.29. The van der Waals surface area contributed by atoms with Crippen molar-refractivity contribution in [3.05, 3.63) is 35.5 Å². The van der Waals surface area contributed by atoms with Crippen LogP contribution in [0.4, 0.5) is 10.1 Å². The molecule has 0 aliphatic carbocycles. The molecule has 0 amide bonds. The molecule has 2 fully saturated rings. The van der Waals surface area contributed by atoms with E-state index in [4.69, 9.17) is 9.47 Å². The lowest BCUT2D eigenvalue weighted by Crippen LogP contribution is -2.38. The molecule has 2 saturated heterocycles. The first-order valence-electron chi connectivity index (χ1n) is 12.3. The first-order chi connectivity index (χ1) is 16.7. The molecule has 0 saturated carbocycles. The van der Waals surface area contributed by atoms with Crippen LogP contribution in [0.2, 0.25) is 0 Å². The average molecular weight is 487 g/mol. The number of aryl methyl sites for hydroxylation is 1. The second-order valence-electron chi connectivity index (χ2n) is 10.1. The average Bonchev–Trinajstić information content (AvgIpc) is 2.82. The van der Waals surface area contributed by atoms with Crippen LogP contribution in [-0.2, 0) is 16.0 Å². The number of aromatic nitrogens is 2. The van der Waals surface area contributed by atoms with E-state index in [1.165, 1.54) is 6.07 Å². The van der Waals surface area contributed by atoms with Crippen molar-refractivity contribution < 1.29 is 23.8 Å². The van der Waals surface area contributed by atoms with Crippen LogP contribution in [0, 0.1) is 18.2 Å². The summed E-state index contributed by atoms with van der Waals surface area (Å²) in [6, 6.07) is 1.41. The Bertz CT molecular complexity index is 1050. The summed E-state index contributed by atoms with van der Waals surface area (Å²) in [7, 11) is 0. The number of aliphatic carboxylic acids is 1. The van der Waals surface area contributed by atoms with Gasteiger partial charge in [-0.3, -0.25) is 14.7 Å². The molecule has 2 aromatic rings. The number of piperidine rings is 1. The maximum Gasteiger partial charge on any atom is 0.307 e. The molecule has 190 valence electrons. The summed E-state index contributed by atoms with van der Waals surface area (Å²) in [6.07, 6.45) is 5.12. The maximum atomic E-state index is 15.0. The third kappa shape index (κ3) is 6.27. The monoisotopic (exact) mass is 486 g/mol. The van der Waals surface area contributed by atoms with Crippen molar-refractivity contribution in [2.24, 2.45) is 5.41 Å². The molecule has 0 atom stereocenters. The van der Waals surface area contributed by atoms with E-state index in [0.717, 1.165) is 44.7 Å². The fraction of sp³-hybridized carbons (Fsp3) is 0.577. The SMILES string of the molecule is Cc1ncc(-c2cnc(OCCN3CCOCC3)c(F)c2)c(N2CCC(C)(C)CC2)c1CC(=O)O. The third-order valence-corrected chi connectivity index (χ3v) is 6.99. The van der Waals surface area contributed by atoms with Crippen LogP contribution in [0.5, 0.6) is 5.88 Å². The molecule has 1 N–H and O–H groups in total. The lowest BCUT2D eigenvalue weighted by molar-refractivity contribution is -0.136. The van der Waals surface area contributed by atoms with Gasteiger partial charge in [0, 0.05) is 67.5 Å². The van der Waals surface area contributed by atoms with Crippen molar-refractivity contribution in [2.45, 2.75) is 40.0 Å². The maximum absolute atomic E-state index is 15.0. The van der Waals surface area contributed by atoms with Crippen molar-refractivity contribution in [3.63, 3.8) is 0 Å². The first-order valence-corrected chi connectivity index (χ1v) is 12.3. The molecule has 4 heterocycles. The van der Waals surface area contributed by atoms with Crippen molar-refractivity contribution >= 4 is 11.7 Å². The van der Waals surface area contributed by atoms with E-state index >= 15 is 4.39 Å². The van der Waals surface area contributed by atoms with Gasteiger partial charge in [-0.25, -0.2) is 9.37 Å². The molecule has 0 radical (unpaired) electrons. The molecule has 0 aromatic carbocycles. The van der Waals surface area contributed by atoms with Crippen LogP contribution in [-0.4, -0.2) is 78.5 Å². The van der Waals surface area contributed by atoms with Crippen molar-refractivity contribution in [3.8, 4) is 17.0 Å². The number of halogens is 1. The number of ether oxygens (including phenoxy) is 2. The third-order valence-electron chi connectivity index (χ3n) is 6.99. The molecule has 0 bridgehead atoms. The molecule has 0 spiro atoms. The van der Waals surface area contributed by atoms with Crippen LogP contribution >= 0.6 is 0 Å². The first kappa shape index (κ1) is 25.3. The predicted molar refractivity (Wildman–Crippen MR) is 131 cm³/mol. The minimum Gasteiger partial charge on any atom is -0.481 e. The largest absolute Gasteiger partial charge is 0.481 e. The van der Waals surface area contributed by atoms with Crippen molar-refractivity contribution in [1.29, 1.82) is 0 Å². The Morgan fingerprint density at radius 3 is 2.54 bits per heavy atom. The number of nitrogens with zero attached hydrogens (tertiary/aromatic N) is 4. The summed E-state index contributed by atoms with van der Waals surface area (Å²) < 4.78 is 26.0. The molecule has 2 aliphatic heterocycles. The zero-order chi connectivity index (χ0) is 25.0. The Labute approximate surface area is 206 Å². The van der Waals surface area contributed by atoms with Crippen LogP contribution < -0.4 is 9.64 Å². The van der Waals surface area contributed by atoms with E-state index in [9.17, 15) is 9.90 Å². The zero-order valence-corrected chi connectivity index (χ0v) is 20.8. The highest BCUT2D eigenvalue weighted by atomic mass is 19.1. The standard InChI is InChI=1S/C26H35FN4O4/c1-18-20(15-23(32)33)24(31-6-4-26(2,3)5-7-31)21(17-28-18)19-14-22(27)25(29-16-19)35-13-10-30-8-11-34-12-9-30/h14,16-17H,4-13,15H2,1-3H3,(H,32,33). The van der Waals surface area contributed by atoms with Crippen LogP contribution in [0.3, 0.4) is 0 Å². The summed E-state index contributed by atoms with van der Waals surface area (Å²) in [6.45, 7) is 12.0. The summed E-state index contributed by atoms with van der Waals surface area (Å²) in [5.74, 6) is -1.50. The molecular weight excluding hydrogens is 451 g/mol. The number of anilines is 1. The lowest BCUT2D eigenvalue weighted by Gasteiger charge is -2.40. The van der Waals surface area contributed by atoms with Crippen LogP contribution in [0.25, 0.3) is 11.1 Å². The van der Waals surface area contributed by atoms with E-state index in [1.807, 2.05) is 6.92 Å². The number of hydrogen-bond acceptors (Lipinski definition) is 7. The number of carbonyl (C=O) groups is 1. The Kier molecular flexibility index (Phi) is 7.86. The second kappa shape index (κ2) is 10.9. The van der Waals surface area contributed by atoms with E-state index in [0.29, 0.717) is 48.7 Å². The number of pyridine rings is 2. The normalized spacial score (nSPS) is 18.5. The molecule has 2 aliphatic rings.